The van der Waals surface area contributed by atoms with Gasteiger partial charge in [-0.3, -0.25) is 0 Å². The Morgan fingerprint density at radius 3 is 2.33 bits per heavy atom. The maximum absolute atomic E-state index is 14.0. The first-order valence-electron chi connectivity index (χ1n) is 6.92. The van der Waals surface area contributed by atoms with Crippen LogP contribution in [0.25, 0.3) is 0 Å². The molecule has 0 aliphatic heterocycles. The van der Waals surface area contributed by atoms with Crippen LogP contribution in [0, 0.1) is 28.5 Å². The van der Waals surface area contributed by atoms with Crippen molar-refractivity contribution in [1.82, 2.24) is 4.90 Å². The third-order valence-electron chi connectivity index (χ3n) is 2.95. The fourth-order valence-electron chi connectivity index (χ4n) is 1.80. The molecule has 0 unspecified atom stereocenters. The van der Waals surface area contributed by atoms with E-state index in [0.29, 0.717) is 24.9 Å². The van der Waals surface area contributed by atoms with E-state index in [1.165, 1.54) is 0 Å². The van der Waals surface area contributed by atoms with Crippen molar-refractivity contribution < 1.29 is 17.6 Å². The van der Waals surface area contributed by atoms with Gasteiger partial charge in [-0.25, -0.2) is 9.38 Å². The van der Waals surface area contributed by atoms with Gasteiger partial charge in [0.1, 0.15) is 23.6 Å². The van der Waals surface area contributed by atoms with E-state index >= 15 is 0 Å². The van der Waals surface area contributed by atoms with Gasteiger partial charge in [-0.15, -0.1) is 11.8 Å². The predicted molar refractivity (Wildman–Crippen MR) is 83.5 cm³/mol. The number of nitrogens with zero attached hydrogens (tertiary/aromatic N) is 4. The van der Waals surface area contributed by atoms with Gasteiger partial charge in [-0.1, -0.05) is 0 Å². The molecule has 0 N–H and O–H groups in total. The zero-order valence-electron chi connectivity index (χ0n) is 13.0. The maximum Gasteiger partial charge on any atom is 0.398 e. The maximum atomic E-state index is 14.0. The molecule has 1 aromatic carbocycles. The highest BCUT2D eigenvalue weighted by Gasteiger charge is 2.28. The average Bonchev–Trinajstić information content (AvgIpc) is 2.53. The van der Waals surface area contributed by atoms with Crippen LogP contribution in [-0.4, -0.2) is 35.8 Å². The van der Waals surface area contributed by atoms with E-state index < -0.39 is 17.7 Å². The number of rotatable bonds is 5. The molecule has 0 aromatic heterocycles. The Hall–Kier alpha value is -2.26. The summed E-state index contributed by atoms with van der Waals surface area (Å²) >= 11 is 0.376. The van der Waals surface area contributed by atoms with E-state index in [1.54, 1.807) is 24.8 Å². The molecule has 128 valence electrons. The fraction of sp³-hybridized carbons (Fsp3) is 0.400. The number of thioether (sulfide) groups is 1. The molecule has 0 bridgehead atoms. The van der Waals surface area contributed by atoms with Crippen LogP contribution in [0.4, 0.5) is 23.2 Å². The molecule has 0 atom stereocenters. The first kappa shape index (κ1) is 19.8. The van der Waals surface area contributed by atoms with Gasteiger partial charge in [0.05, 0.1) is 11.3 Å². The zero-order valence-corrected chi connectivity index (χ0v) is 13.8. The Morgan fingerprint density at radius 2 is 1.88 bits per heavy atom. The van der Waals surface area contributed by atoms with Crippen molar-refractivity contribution in [2.24, 2.45) is 4.99 Å². The first-order chi connectivity index (χ1) is 11.3. The molecule has 9 heteroatoms. The molecule has 0 heterocycles. The fourth-order valence-corrected chi connectivity index (χ4v) is 2.57. The summed E-state index contributed by atoms with van der Waals surface area (Å²) in [5.41, 5.74) is -0.482. The quantitative estimate of drug-likeness (QED) is 0.342. The number of alkyl halides is 3. The summed E-state index contributed by atoms with van der Waals surface area (Å²) in [5, 5.41) is 18.1. The van der Waals surface area contributed by atoms with Crippen molar-refractivity contribution in [2.75, 3.05) is 18.8 Å². The second-order valence-electron chi connectivity index (χ2n) is 4.53. The topological polar surface area (TPSA) is 63.2 Å². The minimum absolute atomic E-state index is 0.0354. The van der Waals surface area contributed by atoms with Gasteiger partial charge in [0.2, 0.25) is 5.84 Å². The molecule has 0 amide bonds. The standard InChI is InChI=1S/C15H14F4N4S/c1-3-23(4-2)14(8-21)22-12-6-13(24-9-15(17,18)19)10(7-20)5-11(12)16/h5-6H,3-4,9H2,1-2H3/b22-14+. The zero-order chi connectivity index (χ0) is 18.3. The first-order valence-corrected chi connectivity index (χ1v) is 7.91. The molecule has 24 heavy (non-hydrogen) atoms. The average molecular weight is 358 g/mol. The monoisotopic (exact) mass is 358 g/mol. The number of halogens is 4. The Balaban J connectivity index is 3.30. The van der Waals surface area contributed by atoms with E-state index in [1.807, 2.05) is 6.07 Å². The van der Waals surface area contributed by atoms with Crippen LogP contribution in [0.3, 0.4) is 0 Å². The smallest absolute Gasteiger partial charge is 0.348 e. The van der Waals surface area contributed by atoms with E-state index in [0.717, 1.165) is 12.1 Å². The highest BCUT2D eigenvalue weighted by atomic mass is 32.2. The van der Waals surface area contributed by atoms with Crippen LogP contribution in [-0.2, 0) is 0 Å². The second-order valence-corrected chi connectivity index (χ2v) is 5.55. The summed E-state index contributed by atoms with van der Waals surface area (Å²) in [6.45, 7) is 4.51. The van der Waals surface area contributed by atoms with E-state index in [-0.39, 0.29) is 22.0 Å². The summed E-state index contributed by atoms with van der Waals surface area (Å²) in [5.74, 6) is -2.13. The molecular formula is C15H14F4N4S. The van der Waals surface area contributed by atoms with Gasteiger partial charge in [-0.05, 0) is 26.0 Å². The van der Waals surface area contributed by atoms with E-state index in [2.05, 4.69) is 4.99 Å². The van der Waals surface area contributed by atoms with Gasteiger partial charge in [-0.2, -0.15) is 23.7 Å². The van der Waals surface area contributed by atoms with Crippen LogP contribution in [0.15, 0.2) is 22.0 Å². The van der Waals surface area contributed by atoms with Crippen molar-refractivity contribution in [3.05, 3.63) is 23.5 Å². The number of hydrogen-bond acceptors (Lipinski definition) is 4. The number of benzene rings is 1. The van der Waals surface area contributed by atoms with E-state index in [4.69, 9.17) is 10.5 Å². The van der Waals surface area contributed by atoms with Crippen molar-refractivity contribution in [3.63, 3.8) is 0 Å². The molecule has 0 aliphatic rings. The number of amidine groups is 1. The molecular weight excluding hydrogens is 344 g/mol. The number of hydrogen-bond donors (Lipinski definition) is 0. The van der Waals surface area contributed by atoms with Crippen LogP contribution in [0.2, 0.25) is 0 Å². The molecule has 0 radical (unpaired) electrons. The predicted octanol–water partition coefficient (Wildman–Crippen LogP) is 4.25. The highest BCUT2D eigenvalue weighted by molar-refractivity contribution is 7.99. The lowest BCUT2D eigenvalue weighted by Crippen LogP contribution is -2.29. The summed E-state index contributed by atoms with van der Waals surface area (Å²) in [7, 11) is 0. The molecule has 0 saturated carbocycles. The molecule has 0 aliphatic carbocycles. The number of aliphatic imine (C=N–C) groups is 1. The third-order valence-corrected chi connectivity index (χ3v) is 4.07. The molecule has 0 fully saturated rings. The van der Waals surface area contributed by atoms with Gasteiger partial charge in [0.25, 0.3) is 0 Å². The molecule has 1 rings (SSSR count). The Kier molecular flexibility index (Phi) is 7.05. The lowest BCUT2D eigenvalue weighted by atomic mass is 10.2. The molecule has 0 spiro atoms. The molecule has 4 nitrogen and oxygen atoms in total. The Labute approximate surface area is 141 Å². The van der Waals surface area contributed by atoms with Crippen LogP contribution in [0.1, 0.15) is 19.4 Å². The van der Waals surface area contributed by atoms with Crippen molar-refractivity contribution in [2.45, 2.75) is 24.9 Å². The van der Waals surface area contributed by atoms with Gasteiger partial charge in [0.15, 0.2) is 0 Å². The van der Waals surface area contributed by atoms with Crippen LogP contribution < -0.4 is 0 Å². The number of nitriles is 2. The van der Waals surface area contributed by atoms with Crippen LogP contribution >= 0.6 is 11.8 Å². The van der Waals surface area contributed by atoms with Crippen LogP contribution in [0.5, 0.6) is 0 Å². The van der Waals surface area contributed by atoms with Crippen molar-refractivity contribution in [3.8, 4) is 12.1 Å². The second kappa shape index (κ2) is 8.55. The largest absolute Gasteiger partial charge is 0.398 e. The highest BCUT2D eigenvalue weighted by Crippen LogP contribution is 2.33. The lowest BCUT2D eigenvalue weighted by molar-refractivity contribution is -0.105. The summed E-state index contributed by atoms with van der Waals surface area (Å²) in [6, 6.07) is 5.39. The normalized spacial score (nSPS) is 11.8. The van der Waals surface area contributed by atoms with Gasteiger partial charge >= 0.3 is 6.18 Å². The summed E-state index contributed by atoms with van der Waals surface area (Å²) < 4.78 is 51.1. The Morgan fingerprint density at radius 1 is 1.25 bits per heavy atom. The lowest BCUT2D eigenvalue weighted by Gasteiger charge is -2.18. The van der Waals surface area contributed by atoms with E-state index in [9.17, 15) is 17.6 Å². The Bertz CT molecular complexity index is 697. The molecule has 0 saturated heterocycles. The SMILES string of the molecule is CCN(CC)/C(C#N)=N/c1cc(SCC(F)(F)F)c(C#N)cc1F. The minimum atomic E-state index is -4.42. The summed E-state index contributed by atoms with van der Waals surface area (Å²) in [6.07, 6.45) is -4.42. The van der Waals surface area contributed by atoms with Gasteiger partial charge < -0.3 is 4.90 Å². The third kappa shape index (κ3) is 5.43. The van der Waals surface area contributed by atoms with Crippen molar-refractivity contribution >= 4 is 23.3 Å². The van der Waals surface area contributed by atoms with Crippen molar-refractivity contribution in [1.29, 1.82) is 10.5 Å². The van der Waals surface area contributed by atoms with Gasteiger partial charge in [0, 0.05) is 18.0 Å². The summed E-state index contributed by atoms with van der Waals surface area (Å²) in [4.78, 5) is 5.45. The minimum Gasteiger partial charge on any atom is -0.348 e. The molecule has 1 aromatic rings.